The van der Waals surface area contributed by atoms with Crippen molar-refractivity contribution in [3.8, 4) is 0 Å². The quantitative estimate of drug-likeness (QED) is 0.814. The highest BCUT2D eigenvalue weighted by Gasteiger charge is 2.30. The summed E-state index contributed by atoms with van der Waals surface area (Å²) < 4.78 is 28.5. The van der Waals surface area contributed by atoms with Crippen LogP contribution >= 0.6 is 11.3 Å². The fourth-order valence-electron chi connectivity index (χ4n) is 2.77. The van der Waals surface area contributed by atoms with E-state index in [0.29, 0.717) is 26.1 Å². The van der Waals surface area contributed by atoms with Crippen molar-refractivity contribution >= 4 is 27.1 Å². The summed E-state index contributed by atoms with van der Waals surface area (Å²) in [6.45, 7) is 2.15. The van der Waals surface area contributed by atoms with Crippen molar-refractivity contribution in [3.63, 3.8) is 0 Å². The first kappa shape index (κ1) is 15.9. The van der Waals surface area contributed by atoms with Crippen LogP contribution < -0.4 is 5.32 Å². The van der Waals surface area contributed by atoms with Crippen molar-refractivity contribution in [2.24, 2.45) is 0 Å². The van der Waals surface area contributed by atoms with Gasteiger partial charge in [-0.2, -0.15) is 0 Å². The van der Waals surface area contributed by atoms with E-state index < -0.39 is 9.84 Å². The zero-order chi connectivity index (χ0) is 15.6. The molecule has 0 spiro atoms. The number of ether oxygens (including phenoxy) is 1. The van der Waals surface area contributed by atoms with E-state index in [4.69, 9.17) is 4.74 Å². The SMILES string of the molecule is O=C(CN1CCO[C@@H](c2nccs2)C1)N[C@@H]1CCS(=O)(=O)C1. The Labute approximate surface area is 133 Å². The molecule has 2 aliphatic rings. The molecule has 2 aliphatic heterocycles. The summed E-state index contributed by atoms with van der Waals surface area (Å²) in [5.41, 5.74) is 0. The van der Waals surface area contributed by atoms with Gasteiger partial charge >= 0.3 is 0 Å². The largest absolute Gasteiger partial charge is 0.368 e. The number of carbonyl (C=O) groups is 1. The van der Waals surface area contributed by atoms with Gasteiger partial charge in [-0.15, -0.1) is 11.3 Å². The first-order chi connectivity index (χ1) is 10.5. The van der Waals surface area contributed by atoms with Crippen LogP contribution in [0, 0.1) is 0 Å². The molecule has 3 rings (SSSR count). The Kier molecular flexibility index (Phi) is 4.76. The van der Waals surface area contributed by atoms with Crippen LogP contribution in [0.3, 0.4) is 0 Å². The minimum absolute atomic E-state index is 0.0591. The lowest BCUT2D eigenvalue weighted by Gasteiger charge is -2.31. The van der Waals surface area contributed by atoms with Crippen LogP contribution in [0.5, 0.6) is 0 Å². The summed E-state index contributed by atoms with van der Waals surface area (Å²) in [4.78, 5) is 18.3. The molecular formula is C13H19N3O4S2. The van der Waals surface area contributed by atoms with Gasteiger partial charge in [-0.25, -0.2) is 13.4 Å². The van der Waals surface area contributed by atoms with Crippen LogP contribution in [0.15, 0.2) is 11.6 Å². The summed E-state index contributed by atoms with van der Waals surface area (Å²) in [5, 5.41) is 5.65. The highest BCUT2D eigenvalue weighted by molar-refractivity contribution is 7.91. The van der Waals surface area contributed by atoms with Gasteiger partial charge in [-0.1, -0.05) is 0 Å². The zero-order valence-electron chi connectivity index (χ0n) is 12.1. The average Bonchev–Trinajstić information content (AvgIpc) is 3.09. The van der Waals surface area contributed by atoms with E-state index in [0.717, 1.165) is 5.01 Å². The Morgan fingerprint density at radius 2 is 2.41 bits per heavy atom. The van der Waals surface area contributed by atoms with E-state index in [1.54, 1.807) is 17.5 Å². The Hall–Kier alpha value is -1.03. The minimum atomic E-state index is -2.97. The van der Waals surface area contributed by atoms with Crippen LogP contribution in [0.1, 0.15) is 17.5 Å². The number of carbonyl (C=O) groups excluding carboxylic acids is 1. The first-order valence-corrected chi connectivity index (χ1v) is 9.95. The molecule has 0 bridgehead atoms. The van der Waals surface area contributed by atoms with Gasteiger partial charge in [-0.3, -0.25) is 9.69 Å². The summed E-state index contributed by atoms with van der Waals surface area (Å²) in [5.74, 6) is 0.104. The van der Waals surface area contributed by atoms with Crippen molar-refractivity contribution < 1.29 is 17.9 Å². The van der Waals surface area contributed by atoms with Crippen molar-refractivity contribution in [2.45, 2.75) is 18.6 Å². The Balaban J connectivity index is 1.49. The van der Waals surface area contributed by atoms with Gasteiger partial charge in [0, 0.05) is 30.7 Å². The standard InChI is InChI=1S/C13H19N3O4S2/c17-12(15-10-1-6-22(18,19)9-10)8-16-3-4-20-11(7-16)13-14-2-5-21-13/h2,5,10-11H,1,3-4,6-9H2,(H,15,17)/t10-,11-/m1/s1. The fraction of sp³-hybridized carbons (Fsp3) is 0.692. The molecular weight excluding hydrogens is 326 g/mol. The molecule has 2 saturated heterocycles. The van der Waals surface area contributed by atoms with Crippen molar-refractivity contribution in [1.82, 2.24) is 15.2 Å². The maximum Gasteiger partial charge on any atom is 0.234 e. The number of hydrogen-bond acceptors (Lipinski definition) is 7. The number of amides is 1. The molecule has 22 heavy (non-hydrogen) atoms. The van der Waals surface area contributed by atoms with E-state index in [1.165, 1.54) is 0 Å². The van der Waals surface area contributed by atoms with Gasteiger partial charge in [0.05, 0.1) is 24.7 Å². The van der Waals surface area contributed by atoms with E-state index in [1.807, 2.05) is 10.3 Å². The number of nitrogens with zero attached hydrogens (tertiary/aromatic N) is 2. The number of aromatic nitrogens is 1. The number of sulfone groups is 1. The van der Waals surface area contributed by atoms with Crippen molar-refractivity contribution in [1.29, 1.82) is 0 Å². The third-order valence-electron chi connectivity index (χ3n) is 3.84. The van der Waals surface area contributed by atoms with E-state index in [-0.39, 0.29) is 36.1 Å². The first-order valence-electron chi connectivity index (χ1n) is 7.25. The molecule has 0 saturated carbocycles. The third-order valence-corrected chi connectivity index (χ3v) is 6.48. The van der Waals surface area contributed by atoms with E-state index >= 15 is 0 Å². The molecule has 9 heteroatoms. The monoisotopic (exact) mass is 345 g/mol. The highest BCUT2D eigenvalue weighted by Crippen LogP contribution is 2.23. The number of rotatable bonds is 4. The molecule has 0 aromatic carbocycles. The average molecular weight is 345 g/mol. The minimum Gasteiger partial charge on any atom is -0.368 e. The predicted octanol–water partition coefficient (Wildman–Crippen LogP) is -0.180. The van der Waals surface area contributed by atoms with Crippen molar-refractivity contribution in [3.05, 3.63) is 16.6 Å². The summed E-state index contributed by atoms with van der Waals surface area (Å²) >= 11 is 1.55. The van der Waals surface area contributed by atoms with Crippen LogP contribution in [-0.2, 0) is 19.4 Å². The molecule has 0 radical (unpaired) electrons. The molecule has 0 unspecified atom stereocenters. The second-order valence-electron chi connectivity index (χ2n) is 5.63. The molecule has 2 atom stereocenters. The topological polar surface area (TPSA) is 88.6 Å². The molecule has 1 aromatic rings. The maximum atomic E-state index is 12.1. The fourth-order valence-corrected chi connectivity index (χ4v) is 5.12. The normalized spacial score (nSPS) is 28.5. The maximum absolute atomic E-state index is 12.1. The molecule has 3 heterocycles. The molecule has 1 aromatic heterocycles. The predicted molar refractivity (Wildman–Crippen MR) is 82.4 cm³/mol. The van der Waals surface area contributed by atoms with Crippen LogP contribution in [0.2, 0.25) is 0 Å². The number of morpholine rings is 1. The van der Waals surface area contributed by atoms with Crippen LogP contribution in [0.4, 0.5) is 0 Å². The molecule has 1 N–H and O–H groups in total. The summed E-state index contributed by atoms with van der Waals surface area (Å²) in [6, 6.07) is -0.242. The van der Waals surface area contributed by atoms with Gasteiger partial charge in [0.15, 0.2) is 9.84 Å². The molecule has 122 valence electrons. The smallest absolute Gasteiger partial charge is 0.234 e. The molecule has 0 aliphatic carbocycles. The lowest BCUT2D eigenvalue weighted by molar-refractivity contribution is -0.124. The number of thiazole rings is 1. The summed E-state index contributed by atoms with van der Waals surface area (Å²) in [6.07, 6.45) is 2.17. The third kappa shape index (κ3) is 4.03. The number of nitrogens with one attached hydrogen (secondary N) is 1. The van der Waals surface area contributed by atoms with E-state index in [2.05, 4.69) is 10.3 Å². The van der Waals surface area contributed by atoms with Crippen LogP contribution in [-0.4, -0.2) is 68.0 Å². The molecule has 1 amide bonds. The zero-order valence-corrected chi connectivity index (χ0v) is 13.7. The Bertz CT molecular complexity index is 617. The second kappa shape index (κ2) is 6.61. The van der Waals surface area contributed by atoms with Gasteiger partial charge < -0.3 is 10.1 Å². The summed E-state index contributed by atoms with van der Waals surface area (Å²) in [7, 11) is -2.97. The Morgan fingerprint density at radius 3 is 3.09 bits per heavy atom. The lowest BCUT2D eigenvalue weighted by Crippen LogP contribution is -2.46. The molecule has 2 fully saturated rings. The van der Waals surface area contributed by atoms with Gasteiger partial charge in [-0.05, 0) is 6.42 Å². The second-order valence-corrected chi connectivity index (χ2v) is 8.79. The lowest BCUT2D eigenvalue weighted by atomic mass is 10.2. The van der Waals surface area contributed by atoms with E-state index in [9.17, 15) is 13.2 Å². The van der Waals surface area contributed by atoms with Gasteiger partial charge in [0.2, 0.25) is 5.91 Å². The Morgan fingerprint density at radius 1 is 1.55 bits per heavy atom. The molecule has 7 nitrogen and oxygen atoms in total. The highest BCUT2D eigenvalue weighted by atomic mass is 32.2. The van der Waals surface area contributed by atoms with Crippen LogP contribution in [0.25, 0.3) is 0 Å². The van der Waals surface area contributed by atoms with Crippen molar-refractivity contribution in [2.75, 3.05) is 37.7 Å². The van der Waals surface area contributed by atoms with Gasteiger partial charge in [0.25, 0.3) is 0 Å². The van der Waals surface area contributed by atoms with Gasteiger partial charge in [0.1, 0.15) is 11.1 Å². The number of hydrogen-bond donors (Lipinski definition) is 1.